The Kier molecular flexibility index (Phi) is 6.64. The molecule has 30 heavy (non-hydrogen) atoms. The minimum atomic E-state index is -0.579. The Hall–Kier alpha value is -3.45. The molecule has 0 atom stereocenters. The molecule has 2 amide bonds. The number of thiophene rings is 1. The summed E-state index contributed by atoms with van der Waals surface area (Å²) >= 11 is 1.05. The lowest BCUT2D eigenvalue weighted by molar-refractivity contribution is 0.0527. The van der Waals surface area contributed by atoms with Gasteiger partial charge in [0, 0.05) is 11.3 Å². The zero-order chi connectivity index (χ0) is 21.7. The first-order chi connectivity index (χ1) is 14.4. The van der Waals surface area contributed by atoms with E-state index < -0.39 is 5.97 Å². The second kappa shape index (κ2) is 9.37. The summed E-state index contributed by atoms with van der Waals surface area (Å²) in [5.74, 6) is -1.30. The standard InChI is InChI=1S/C23H22N2O4S/c1-4-29-23(28)18-15(3)19(21(27)24-17-8-6-5-7-9-17)30-22(18)25-20(26)16-12-10-14(2)11-13-16/h5-13H,4H2,1-3H3,(H,24,27)(H,25,26). The Labute approximate surface area is 178 Å². The molecule has 1 heterocycles. The van der Waals surface area contributed by atoms with Gasteiger partial charge in [-0.05, 0) is 50.6 Å². The third-order valence-electron chi connectivity index (χ3n) is 4.41. The van der Waals surface area contributed by atoms with Crippen molar-refractivity contribution in [2.75, 3.05) is 17.2 Å². The molecular weight excluding hydrogens is 400 g/mol. The molecule has 0 aliphatic heterocycles. The van der Waals surface area contributed by atoms with Gasteiger partial charge >= 0.3 is 5.97 Å². The van der Waals surface area contributed by atoms with Crippen LogP contribution in [-0.2, 0) is 4.74 Å². The van der Waals surface area contributed by atoms with Gasteiger partial charge in [0.05, 0.1) is 17.0 Å². The van der Waals surface area contributed by atoms with Crippen molar-refractivity contribution < 1.29 is 19.1 Å². The van der Waals surface area contributed by atoms with Gasteiger partial charge in [-0.1, -0.05) is 35.9 Å². The molecule has 3 aromatic rings. The second-order valence-electron chi connectivity index (χ2n) is 6.62. The molecule has 0 spiro atoms. The van der Waals surface area contributed by atoms with Crippen molar-refractivity contribution in [1.29, 1.82) is 0 Å². The first kappa shape index (κ1) is 21.3. The molecule has 2 aromatic carbocycles. The number of carbonyl (C=O) groups excluding carboxylic acids is 3. The maximum Gasteiger partial charge on any atom is 0.341 e. The van der Waals surface area contributed by atoms with Gasteiger partial charge in [-0.15, -0.1) is 11.3 Å². The molecule has 0 saturated carbocycles. The summed E-state index contributed by atoms with van der Waals surface area (Å²) in [6.07, 6.45) is 0. The molecule has 0 unspecified atom stereocenters. The molecular formula is C23H22N2O4S. The Morgan fingerprint density at radius 3 is 2.20 bits per heavy atom. The molecule has 3 rings (SSSR count). The predicted molar refractivity (Wildman–Crippen MR) is 119 cm³/mol. The molecule has 1 aromatic heterocycles. The fourth-order valence-electron chi connectivity index (χ4n) is 2.86. The number of amides is 2. The summed E-state index contributed by atoms with van der Waals surface area (Å²) in [5.41, 5.74) is 2.78. The Balaban J connectivity index is 1.93. The summed E-state index contributed by atoms with van der Waals surface area (Å²) in [7, 11) is 0. The summed E-state index contributed by atoms with van der Waals surface area (Å²) < 4.78 is 5.15. The average molecular weight is 423 g/mol. The van der Waals surface area contributed by atoms with Crippen LogP contribution in [0.3, 0.4) is 0 Å². The van der Waals surface area contributed by atoms with Gasteiger partial charge in [-0.2, -0.15) is 0 Å². The fraction of sp³-hybridized carbons (Fsp3) is 0.174. The van der Waals surface area contributed by atoms with Crippen molar-refractivity contribution in [3.63, 3.8) is 0 Å². The van der Waals surface area contributed by atoms with Crippen molar-refractivity contribution >= 4 is 39.8 Å². The van der Waals surface area contributed by atoms with E-state index in [-0.39, 0.29) is 29.0 Å². The van der Waals surface area contributed by atoms with E-state index in [1.807, 2.05) is 37.3 Å². The number of benzene rings is 2. The smallest absolute Gasteiger partial charge is 0.341 e. The van der Waals surface area contributed by atoms with Crippen LogP contribution in [0.2, 0.25) is 0 Å². The maximum atomic E-state index is 12.8. The molecule has 0 fully saturated rings. The van der Waals surface area contributed by atoms with Gasteiger partial charge in [0.15, 0.2) is 0 Å². The minimum absolute atomic E-state index is 0.186. The molecule has 0 radical (unpaired) electrons. The normalized spacial score (nSPS) is 10.4. The van der Waals surface area contributed by atoms with Crippen molar-refractivity contribution in [2.45, 2.75) is 20.8 Å². The first-order valence-corrected chi connectivity index (χ1v) is 10.3. The fourth-order valence-corrected chi connectivity index (χ4v) is 3.94. The largest absolute Gasteiger partial charge is 0.462 e. The lowest BCUT2D eigenvalue weighted by Gasteiger charge is -2.07. The zero-order valence-electron chi connectivity index (χ0n) is 16.9. The number of anilines is 2. The SMILES string of the molecule is CCOC(=O)c1c(NC(=O)c2ccc(C)cc2)sc(C(=O)Nc2ccccc2)c1C. The number of carbonyl (C=O) groups is 3. The van der Waals surface area contributed by atoms with Crippen LogP contribution in [0.1, 0.15) is 48.4 Å². The number of aryl methyl sites for hydroxylation is 1. The number of rotatable bonds is 6. The van der Waals surface area contributed by atoms with E-state index >= 15 is 0 Å². The Morgan fingerprint density at radius 1 is 0.900 bits per heavy atom. The van der Waals surface area contributed by atoms with Crippen molar-refractivity contribution in [3.05, 3.63) is 81.7 Å². The predicted octanol–water partition coefficient (Wildman–Crippen LogP) is 5.05. The first-order valence-electron chi connectivity index (χ1n) is 9.45. The second-order valence-corrected chi connectivity index (χ2v) is 7.64. The quantitative estimate of drug-likeness (QED) is 0.545. The zero-order valence-corrected chi connectivity index (χ0v) is 17.8. The van der Waals surface area contributed by atoms with E-state index in [0.717, 1.165) is 16.9 Å². The van der Waals surface area contributed by atoms with Crippen LogP contribution < -0.4 is 10.6 Å². The number of ether oxygens (including phenoxy) is 1. The topological polar surface area (TPSA) is 84.5 Å². The number of esters is 1. The summed E-state index contributed by atoms with van der Waals surface area (Å²) in [5, 5.41) is 5.86. The van der Waals surface area contributed by atoms with Crippen LogP contribution in [0.5, 0.6) is 0 Å². The molecule has 2 N–H and O–H groups in total. The average Bonchev–Trinajstić information content (AvgIpc) is 3.05. The third-order valence-corrected chi connectivity index (χ3v) is 5.61. The highest BCUT2D eigenvalue weighted by atomic mass is 32.1. The van der Waals surface area contributed by atoms with Crippen LogP contribution in [0.25, 0.3) is 0 Å². The van der Waals surface area contributed by atoms with E-state index in [0.29, 0.717) is 21.7 Å². The molecule has 0 saturated heterocycles. The summed E-state index contributed by atoms with van der Waals surface area (Å²) in [4.78, 5) is 38.4. The van der Waals surface area contributed by atoms with Gasteiger partial charge in [0.25, 0.3) is 11.8 Å². The lowest BCUT2D eigenvalue weighted by Crippen LogP contribution is -2.15. The number of hydrogen-bond donors (Lipinski definition) is 2. The third kappa shape index (κ3) is 4.75. The van der Waals surface area contributed by atoms with Gasteiger partial charge in [0.2, 0.25) is 0 Å². The van der Waals surface area contributed by atoms with Crippen LogP contribution in [-0.4, -0.2) is 24.4 Å². The number of hydrogen-bond acceptors (Lipinski definition) is 5. The monoisotopic (exact) mass is 422 g/mol. The van der Waals surface area contributed by atoms with Gasteiger partial charge < -0.3 is 15.4 Å². The number of para-hydroxylation sites is 1. The van der Waals surface area contributed by atoms with Crippen molar-refractivity contribution in [1.82, 2.24) is 0 Å². The highest BCUT2D eigenvalue weighted by Gasteiger charge is 2.27. The molecule has 7 heteroatoms. The Morgan fingerprint density at radius 2 is 1.57 bits per heavy atom. The maximum absolute atomic E-state index is 12.8. The van der Waals surface area contributed by atoms with Gasteiger partial charge in [-0.25, -0.2) is 4.79 Å². The molecule has 154 valence electrons. The van der Waals surface area contributed by atoms with Crippen LogP contribution >= 0.6 is 11.3 Å². The molecule has 0 bridgehead atoms. The van der Waals surface area contributed by atoms with Crippen LogP contribution in [0.15, 0.2) is 54.6 Å². The summed E-state index contributed by atoms with van der Waals surface area (Å²) in [6, 6.07) is 16.1. The van der Waals surface area contributed by atoms with E-state index in [9.17, 15) is 14.4 Å². The van der Waals surface area contributed by atoms with E-state index in [2.05, 4.69) is 10.6 Å². The van der Waals surface area contributed by atoms with Gasteiger partial charge in [0.1, 0.15) is 5.00 Å². The highest BCUT2D eigenvalue weighted by Crippen LogP contribution is 2.34. The minimum Gasteiger partial charge on any atom is -0.462 e. The van der Waals surface area contributed by atoms with Crippen molar-refractivity contribution in [3.8, 4) is 0 Å². The van der Waals surface area contributed by atoms with E-state index in [4.69, 9.17) is 4.74 Å². The van der Waals surface area contributed by atoms with Crippen molar-refractivity contribution in [2.24, 2.45) is 0 Å². The highest BCUT2D eigenvalue weighted by molar-refractivity contribution is 7.19. The molecule has 0 aliphatic carbocycles. The van der Waals surface area contributed by atoms with Crippen LogP contribution in [0.4, 0.5) is 10.7 Å². The lowest BCUT2D eigenvalue weighted by atomic mass is 10.1. The van der Waals surface area contributed by atoms with Crippen LogP contribution in [0, 0.1) is 13.8 Å². The Bertz CT molecular complexity index is 1070. The molecule has 0 aliphatic rings. The summed E-state index contributed by atoms with van der Waals surface area (Å²) in [6.45, 7) is 5.49. The molecule has 6 nitrogen and oxygen atoms in total. The van der Waals surface area contributed by atoms with E-state index in [1.54, 1.807) is 38.1 Å². The van der Waals surface area contributed by atoms with Gasteiger partial charge in [-0.3, -0.25) is 9.59 Å². The van der Waals surface area contributed by atoms with E-state index in [1.165, 1.54) is 0 Å². The number of nitrogens with one attached hydrogen (secondary N) is 2.